The van der Waals surface area contributed by atoms with E-state index in [1.807, 2.05) is 0 Å². The fourth-order valence-electron chi connectivity index (χ4n) is 7.26. The van der Waals surface area contributed by atoms with Crippen molar-refractivity contribution in [2.24, 2.45) is 5.92 Å². The zero-order valence-electron chi connectivity index (χ0n) is 20.8. The van der Waals surface area contributed by atoms with Crippen LogP contribution in [-0.2, 0) is 18.3 Å². The van der Waals surface area contributed by atoms with Crippen LogP contribution in [0.15, 0.2) is 36.4 Å². The molecule has 3 atom stereocenters. The highest BCUT2D eigenvalue weighted by atomic mass is 16.5. The first-order valence-corrected chi connectivity index (χ1v) is 13.3. The molecule has 5 nitrogen and oxygen atoms in total. The number of methoxy groups -OCH3 is 1. The van der Waals surface area contributed by atoms with E-state index in [4.69, 9.17) is 9.72 Å². The smallest absolute Gasteiger partial charge is 0.119 e. The quantitative estimate of drug-likeness (QED) is 0.710. The third kappa shape index (κ3) is 3.77. The number of nitrogens with zero attached hydrogens (tertiary/aromatic N) is 3. The molecule has 3 fully saturated rings. The Morgan fingerprint density at radius 1 is 1.09 bits per heavy atom. The molecule has 3 heterocycles. The highest BCUT2D eigenvalue weighted by molar-refractivity contribution is 5.48. The summed E-state index contributed by atoms with van der Waals surface area (Å²) in [5, 5.41) is 12.7. The molecule has 1 aromatic heterocycles. The summed E-state index contributed by atoms with van der Waals surface area (Å²) in [5.74, 6) is 1.76. The summed E-state index contributed by atoms with van der Waals surface area (Å²) in [7, 11) is 1.75. The van der Waals surface area contributed by atoms with Gasteiger partial charge in [-0.3, -0.25) is 9.88 Å². The number of ether oxygens (including phenoxy) is 1. The van der Waals surface area contributed by atoms with Crippen molar-refractivity contribution in [1.82, 2.24) is 14.8 Å². The molecule has 2 aliphatic carbocycles. The van der Waals surface area contributed by atoms with Gasteiger partial charge in [0.05, 0.1) is 12.7 Å². The van der Waals surface area contributed by atoms with Gasteiger partial charge in [-0.2, -0.15) is 0 Å². The Labute approximate surface area is 204 Å². The van der Waals surface area contributed by atoms with Gasteiger partial charge in [-0.1, -0.05) is 12.1 Å². The Morgan fingerprint density at radius 3 is 2.71 bits per heavy atom. The maximum Gasteiger partial charge on any atom is 0.119 e. The second-order valence-corrected chi connectivity index (χ2v) is 11.3. The Morgan fingerprint density at radius 2 is 1.91 bits per heavy atom. The third-order valence-corrected chi connectivity index (χ3v) is 9.38. The van der Waals surface area contributed by atoms with E-state index < -0.39 is 5.60 Å². The lowest BCUT2D eigenvalue weighted by Gasteiger charge is -2.61. The van der Waals surface area contributed by atoms with Gasteiger partial charge in [0.2, 0.25) is 0 Å². The van der Waals surface area contributed by atoms with Gasteiger partial charge in [-0.15, -0.1) is 0 Å². The Balaban J connectivity index is 1.31. The molecule has 0 unspecified atom stereocenters. The number of rotatable bonds is 6. The van der Waals surface area contributed by atoms with E-state index in [1.165, 1.54) is 29.7 Å². The van der Waals surface area contributed by atoms with Gasteiger partial charge in [0.1, 0.15) is 5.75 Å². The number of hydrogen-bond acceptors (Lipinski definition) is 5. The predicted octanol–water partition coefficient (Wildman–Crippen LogP) is 3.75. The van der Waals surface area contributed by atoms with Crippen molar-refractivity contribution in [2.45, 2.75) is 68.9 Å². The monoisotopic (exact) mass is 461 g/mol. The molecule has 2 bridgehead atoms. The summed E-state index contributed by atoms with van der Waals surface area (Å²) in [5.41, 5.74) is 4.17. The fourth-order valence-corrected chi connectivity index (χ4v) is 7.26. The van der Waals surface area contributed by atoms with Crippen LogP contribution in [0.5, 0.6) is 5.75 Å². The van der Waals surface area contributed by atoms with E-state index in [2.05, 4.69) is 53.1 Å². The van der Waals surface area contributed by atoms with Gasteiger partial charge in [-0.05, 0) is 99.8 Å². The summed E-state index contributed by atoms with van der Waals surface area (Å²) in [6.45, 7) is 7.32. The molecule has 6 rings (SSSR count). The SMILES string of the molecule is COc1ccc2c(c1)[C@@]13CCN(CCc4cccc(C)n4)CC[C@@]1(O)[C@@H](C2)N(CC1CC1)CC3. The first-order valence-electron chi connectivity index (χ1n) is 13.3. The van der Waals surface area contributed by atoms with Crippen molar-refractivity contribution in [1.29, 1.82) is 0 Å². The van der Waals surface area contributed by atoms with Gasteiger partial charge in [0.15, 0.2) is 0 Å². The van der Waals surface area contributed by atoms with Crippen LogP contribution in [-0.4, -0.2) is 71.4 Å². The molecule has 34 heavy (non-hydrogen) atoms. The lowest BCUT2D eigenvalue weighted by molar-refractivity contribution is -0.149. The van der Waals surface area contributed by atoms with Gasteiger partial charge in [0, 0.05) is 48.9 Å². The highest BCUT2D eigenvalue weighted by Gasteiger charge is 2.63. The molecular formula is C29H39N3O2. The third-order valence-electron chi connectivity index (χ3n) is 9.38. The first kappa shape index (κ1) is 22.5. The molecule has 182 valence electrons. The molecule has 5 heteroatoms. The lowest BCUT2D eigenvalue weighted by Crippen LogP contribution is -2.71. The standard InChI is InChI=1S/C29H39N3O2/c1-21-4-3-5-24(30-21)10-14-31-15-11-28-12-17-32(20-22-6-7-22)27(29(28,33)13-16-31)18-23-8-9-25(34-2)19-26(23)28/h3-5,8-9,19,22,27,33H,6-7,10-18,20H2,1-2H3/t27-,28+,29-/m1/s1. The Hall–Kier alpha value is -1.95. The van der Waals surface area contributed by atoms with E-state index in [0.29, 0.717) is 0 Å². The first-order chi connectivity index (χ1) is 16.5. The fraction of sp³-hybridized carbons (Fsp3) is 0.621. The topological polar surface area (TPSA) is 48.8 Å². The number of hydrogen-bond donors (Lipinski definition) is 1. The summed E-state index contributed by atoms with van der Waals surface area (Å²) in [6, 6.07) is 13.2. The van der Waals surface area contributed by atoms with E-state index >= 15 is 0 Å². The molecule has 2 aliphatic heterocycles. The minimum atomic E-state index is -0.685. The second kappa shape index (κ2) is 8.61. The normalized spacial score (nSPS) is 31.4. The average molecular weight is 462 g/mol. The molecule has 0 amide bonds. The molecule has 0 radical (unpaired) electrons. The number of piperidine rings is 1. The van der Waals surface area contributed by atoms with Crippen molar-refractivity contribution in [2.75, 3.05) is 39.8 Å². The van der Waals surface area contributed by atoms with Crippen LogP contribution < -0.4 is 4.74 Å². The molecule has 4 aliphatic rings. The number of pyridine rings is 1. The molecule has 2 aromatic rings. The van der Waals surface area contributed by atoms with Gasteiger partial charge in [0.25, 0.3) is 0 Å². The van der Waals surface area contributed by atoms with Crippen molar-refractivity contribution < 1.29 is 9.84 Å². The largest absolute Gasteiger partial charge is 0.497 e. The highest BCUT2D eigenvalue weighted by Crippen LogP contribution is 2.56. The molecule has 1 N–H and O–H groups in total. The molecule has 0 spiro atoms. The van der Waals surface area contributed by atoms with Crippen molar-refractivity contribution in [3.05, 3.63) is 58.9 Å². The summed E-state index contributed by atoms with van der Waals surface area (Å²) >= 11 is 0. The van der Waals surface area contributed by atoms with Crippen LogP contribution in [0.2, 0.25) is 0 Å². The number of likely N-dealkylation sites (tertiary alicyclic amines) is 2. The Kier molecular flexibility index (Phi) is 5.70. The van der Waals surface area contributed by atoms with E-state index in [-0.39, 0.29) is 11.5 Å². The molecular weight excluding hydrogens is 422 g/mol. The Bertz CT molecular complexity index is 1050. The average Bonchev–Trinajstić information content (AvgIpc) is 3.66. The van der Waals surface area contributed by atoms with Crippen molar-refractivity contribution in [3.8, 4) is 5.75 Å². The minimum absolute atomic E-state index is 0.184. The number of benzene rings is 1. The van der Waals surface area contributed by atoms with Gasteiger partial charge in [-0.25, -0.2) is 0 Å². The van der Waals surface area contributed by atoms with Gasteiger partial charge >= 0.3 is 0 Å². The molecule has 1 saturated carbocycles. The van der Waals surface area contributed by atoms with E-state index in [9.17, 15) is 5.11 Å². The maximum absolute atomic E-state index is 12.7. The van der Waals surface area contributed by atoms with Crippen LogP contribution in [0.25, 0.3) is 0 Å². The van der Waals surface area contributed by atoms with Crippen LogP contribution in [0, 0.1) is 12.8 Å². The van der Waals surface area contributed by atoms with Crippen LogP contribution in [0.4, 0.5) is 0 Å². The van der Waals surface area contributed by atoms with E-state index in [0.717, 1.165) is 82.2 Å². The van der Waals surface area contributed by atoms with Crippen LogP contribution in [0.1, 0.15) is 54.6 Å². The number of aromatic nitrogens is 1. The second-order valence-electron chi connectivity index (χ2n) is 11.3. The van der Waals surface area contributed by atoms with Crippen molar-refractivity contribution >= 4 is 0 Å². The molecule has 1 aromatic carbocycles. The summed E-state index contributed by atoms with van der Waals surface area (Å²) < 4.78 is 5.65. The zero-order valence-corrected chi connectivity index (χ0v) is 20.8. The lowest BCUT2D eigenvalue weighted by atomic mass is 9.52. The predicted molar refractivity (Wildman–Crippen MR) is 134 cm³/mol. The van der Waals surface area contributed by atoms with Crippen molar-refractivity contribution in [3.63, 3.8) is 0 Å². The minimum Gasteiger partial charge on any atom is -0.497 e. The summed E-state index contributed by atoms with van der Waals surface area (Å²) in [4.78, 5) is 9.96. The number of aliphatic hydroxyl groups is 1. The number of aryl methyl sites for hydroxylation is 1. The maximum atomic E-state index is 12.7. The zero-order chi connectivity index (χ0) is 23.3. The molecule has 2 saturated heterocycles. The summed E-state index contributed by atoms with van der Waals surface area (Å²) in [6.07, 6.45) is 7.55. The van der Waals surface area contributed by atoms with E-state index in [1.54, 1.807) is 7.11 Å². The number of fused-ring (bicyclic) bond motifs is 1. The van der Waals surface area contributed by atoms with Crippen LogP contribution in [0.3, 0.4) is 0 Å². The van der Waals surface area contributed by atoms with Gasteiger partial charge < -0.3 is 14.7 Å². The van der Waals surface area contributed by atoms with Crippen LogP contribution >= 0.6 is 0 Å².